The van der Waals surface area contributed by atoms with E-state index in [1.807, 2.05) is 20.8 Å². The predicted molar refractivity (Wildman–Crippen MR) is 73.9 cm³/mol. The minimum Gasteiger partial charge on any atom is -0.478 e. The molecule has 0 fully saturated rings. The molecular formula is C15H21NO3. The van der Waals surface area contributed by atoms with Gasteiger partial charge < -0.3 is 10.0 Å². The normalized spacial score (nSPS) is 11.2. The van der Waals surface area contributed by atoms with Gasteiger partial charge in [0.1, 0.15) is 0 Å². The molecule has 0 bridgehead atoms. The van der Waals surface area contributed by atoms with E-state index < -0.39 is 5.97 Å². The van der Waals surface area contributed by atoms with Crippen LogP contribution in [0.15, 0.2) is 24.3 Å². The molecule has 0 aromatic heterocycles. The van der Waals surface area contributed by atoms with Crippen molar-refractivity contribution < 1.29 is 14.7 Å². The Hall–Kier alpha value is -1.84. The first kappa shape index (κ1) is 15.2. The summed E-state index contributed by atoms with van der Waals surface area (Å²) in [5.41, 5.74) is 1.15. The van der Waals surface area contributed by atoms with Gasteiger partial charge in [0.05, 0.1) is 5.56 Å². The van der Waals surface area contributed by atoms with Crippen LogP contribution in [0.4, 0.5) is 0 Å². The van der Waals surface area contributed by atoms with Gasteiger partial charge in [0.2, 0.25) is 5.91 Å². The number of carboxylic acid groups (broad SMARTS) is 1. The molecule has 0 radical (unpaired) electrons. The fourth-order valence-corrected chi connectivity index (χ4v) is 1.70. The largest absolute Gasteiger partial charge is 0.478 e. The van der Waals surface area contributed by atoms with Crippen LogP contribution in [-0.2, 0) is 11.3 Å². The van der Waals surface area contributed by atoms with Crippen LogP contribution in [0.1, 0.15) is 43.1 Å². The van der Waals surface area contributed by atoms with Gasteiger partial charge >= 0.3 is 5.97 Å². The standard InChI is InChI=1S/C15H21NO3/c1-15(2,3)9-13(17)16(4)10-11-5-7-12(8-6-11)14(18)19/h5-8H,9-10H2,1-4H3,(H,18,19). The lowest BCUT2D eigenvalue weighted by molar-refractivity contribution is -0.132. The summed E-state index contributed by atoms with van der Waals surface area (Å²) in [4.78, 5) is 24.4. The number of hydrogen-bond donors (Lipinski definition) is 1. The van der Waals surface area contributed by atoms with Crippen LogP contribution in [0.2, 0.25) is 0 Å². The molecule has 0 aliphatic rings. The highest BCUT2D eigenvalue weighted by atomic mass is 16.4. The van der Waals surface area contributed by atoms with Gasteiger partial charge in [-0.3, -0.25) is 4.79 Å². The van der Waals surface area contributed by atoms with Gasteiger partial charge in [-0.25, -0.2) is 4.79 Å². The highest BCUT2D eigenvalue weighted by Crippen LogP contribution is 2.20. The molecule has 1 amide bonds. The van der Waals surface area contributed by atoms with Crippen molar-refractivity contribution >= 4 is 11.9 Å². The summed E-state index contributed by atoms with van der Waals surface area (Å²) in [5, 5.41) is 8.81. The molecule has 0 atom stereocenters. The van der Waals surface area contributed by atoms with Crippen molar-refractivity contribution in [1.82, 2.24) is 4.90 Å². The smallest absolute Gasteiger partial charge is 0.335 e. The number of hydrogen-bond acceptors (Lipinski definition) is 2. The molecule has 0 saturated heterocycles. The molecule has 1 N–H and O–H groups in total. The lowest BCUT2D eigenvalue weighted by Gasteiger charge is -2.23. The van der Waals surface area contributed by atoms with Crippen molar-refractivity contribution in [1.29, 1.82) is 0 Å². The molecule has 4 nitrogen and oxygen atoms in total. The molecule has 1 rings (SSSR count). The van der Waals surface area contributed by atoms with Crippen LogP contribution in [0.5, 0.6) is 0 Å². The van der Waals surface area contributed by atoms with Gasteiger partial charge in [-0.1, -0.05) is 32.9 Å². The van der Waals surface area contributed by atoms with E-state index in [1.54, 1.807) is 36.2 Å². The molecule has 1 aromatic rings. The molecule has 0 unspecified atom stereocenters. The van der Waals surface area contributed by atoms with Crippen LogP contribution >= 0.6 is 0 Å². The molecule has 0 aliphatic heterocycles. The zero-order valence-corrected chi connectivity index (χ0v) is 11.9. The predicted octanol–water partition coefficient (Wildman–Crippen LogP) is 2.78. The van der Waals surface area contributed by atoms with E-state index >= 15 is 0 Å². The number of rotatable bonds is 4. The van der Waals surface area contributed by atoms with Crippen LogP contribution in [0, 0.1) is 5.41 Å². The van der Waals surface area contributed by atoms with Crippen molar-refractivity contribution in [2.24, 2.45) is 5.41 Å². The number of amides is 1. The minimum absolute atomic E-state index is 0.0293. The molecular weight excluding hydrogens is 242 g/mol. The number of carboxylic acids is 1. The van der Waals surface area contributed by atoms with Crippen LogP contribution in [0.25, 0.3) is 0 Å². The summed E-state index contributed by atoms with van der Waals surface area (Å²) in [6, 6.07) is 6.59. The van der Waals surface area contributed by atoms with Crippen molar-refractivity contribution in [3.63, 3.8) is 0 Å². The molecule has 104 valence electrons. The zero-order valence-electron chi connectivity index (χ0n) is 11.9. The molecule has 1 aromatic carbocycles. The second kappa shape index (κ2) is 5.87. The summed E-state index contributed by atoms with van der Waals surface area (Å²) in [5.74, 6) is -0.849. The van der Waals surface area contributed by atoms with Crippen molar-refractivity contribution in [2.75, 3.05) is 7.05 Å². The Morgan fingerprint density at radius 1 is 1.16 bits per heavy atom. The van der Waals surface area contributed by atoms with E-state index in [1.165, 1.54) is 0 Å². The third-order valence-electron chi connectivity index (χ3n) is 2.73. The number of carbonyl (C=O) groups excluding carboxylic acids is 1. The first-order chi connectivity index (χ1) is 8.69. The molecule has 19 heavy (non-hydrogen) atoms. The van der Waals surface area contributed by atoms with E-state index in [0.717, 1.165) is 5.56 Å². The Balaban J connectivity index is 2.64. The van der Waals surface area contributed by atoms with Gasteiger partial charge in [-0.05, 0) is 23.1 Å². The Labute approximate surface area is 114 Å². The number of carbonyl (C=O) groups is 2. The second-order valence-corrected chi connectivity index (χ2v) is 5.99. The van der Waals surface area contributed by atoms with E-state index in [-0.39, 0.29) is 16.9 Å². The van der Waals surface area contributed by atoms with Gasteiger partial charge in [-0.2, -0.15) is 0 Å². The van der Waals surface area contributed by atoms with Crippen molar-refractivity contribution in [3.05, 3.63) is 35.4 Å². The minimum atomic E-state index is -0.941. The topological polar surface area (TPSA) is 57.6 Å². The molecule has 0 aliphatic carbocycles. The average molecular weight is 263 g/mol. The van der Waals surface area contributed by atoms with Gasteiger partial charge in [0.15, 0.2) is 0 Å². The highest BCUT2D eigenvalue weighted by molar-refractivity contribution is 5.87. The maximum atomic E-state index is 12.0. The van der Waals surface area contributed by atoms with Crippen LogP contribution in [0.3, 0.4) is 0 Å². The summed E-state index contributed by atoms with van der Waals surface area (Å²) in [6.45, 7) is 6.58. The first-order valence-electron chi connectivity index (χ1n) is 6.25. The third kappa shape index (κ3) is 5.12. The molecule has 0 saturated carbocycles. The van der Waals surface area contributed by atoms with Crippen molar-refractivity contribution in [2.45, 2.75) is 33.7 Å². The number of benzene rings is 1. The lowest BCUT2D eigenvalue weighted by Crippen LogP contribution is -2.29. The third-order valence-corrected chi connectivity index (χ3v) is 2.73. The van der Waals surface area contributed by atoms with E-state index in [2.05, 4.69) is 0 Å². The molecule has 0 spiro atoms. The first-order valence-corrected chi connectivity index (χ1v) is 6.25. The fourth-order valence-electron chi connectivity index (χ4n) is 1.70. The van der Waals surface area contributed by atoms with Gasteiger partial charge in [-0.15, -0.1) is 0 Å². The Kier molecular flexibility index (Phi) is 4.70. The molecule has 4 heteroatoms. The molecule has 0 heterocycles. The van der Waals surface area contributed by atoms with Gasteiger partial charge in [0, 0.05) is 20.0 Å². The zero-order chi connectivity index (χ0) is 14.6. The summed E-state index contributed by atoms with van der Waals surface area (Å²) < 4.78 is 0. The fraction of sp³-hybridized carbons (Fsp3) is 0.467. The monoisotopic (exact) mass is 263 g/mol. The maximum absolute atomic E-state index is 12.0. The second-order valence-electron chi connectivity index (χ2n) is 5.99. The average Bonchev–Trinajstić information content (AvgIpc) is 2.27. The summed E-state index contributed by atoms with van der Waals surface area (Å²) in [7, 11) is 1.76. The van der Waals surface area contributed by atoms with Crippen LogP contribution in [-0.4, -0.2) is 28.9 Å². The van der Waals surface area contributed by atoms with E-state index in [9.17, 15) is 9.59 Å². The summed E-state index contributed by atoms with van der Waals surface area (Å²) in [6.07, 6.45) is 0.497. The lowest BCUT2D eigenvalue weighted by atomic mass is 9.91. The Bertz CT molecular complexity index is 457. The van der Waals surface area contributed by atoms with Gasteiger partial charge in [0.25, 0.3) is 0 Å². The highest BCUT2D eigenvalue weighted by Gasteiger charge is 2.19. The van der Waals surface area contributed by atoms with Crippen molar-refractivity contribution in [3.8, 4) is 0 Å². The SMILES string of the molecule is CN(Cc1ccc(C(=O)O)cc1)C(=O)CC(C)(C)C. The Morgan fingerprint density at radius 2 is 1.68 bits per heavy atom. The van der Waals surface area contributed by atoms with Crippen LogP contribution < -0.4 is 0 Å². The quantitative estimate of drug-likeness (QED) is 0.908. The summed E-state index contributed by atoms with van der Waals surface area (Å²) >= 11 is 0. The number of nitrogens with zero attached hydrogens (tertiary/aromatic N) is 1. The number of aromatic carboxylic acids is 1. The van der Waals surface area contributed by atoms with E-state index in [0.29, 0.717) is 13.0 Å². The van der Waals surface area contributed by atoms with E-state index in [4.69, 9.17) is 5.11 Å². The Morgan fingerprint density at radius 3 is 2.11 bits per heavy atom. The maximum Gasteiger partial charge on any atom is 0.335 e.